The Morgan fingerprint density at radius 1 is 1.20 bits per heavy atom. The number of hydrogen-bond donors (Lipinski definition) is 2. The van der Waals surface area contributed by atoms with Gasteiger partial charge in [-0.3, -0.25) is 9.59 Å². The minimum Gasteiger partial charge on any atom is -0.369 e. The van der Waals surface area contributed by atoms with E-state index in [-0.39, 0.29) is 17.4 Å². The highest BCUT2D eigenvalue weighted by molar-refractivity contribution is 5.87. The van der Waals surface area contributed by atoms with Crippen molar-refractivity contribution in [3.63, 3.8) is 0 Å². The molecule has 4 heteroatoms. The van der Waals surface area contributed by atoms with Crippen molar-refractivity contribution in [1.82, 2.24) is 5.32 Å². The molecule has 2 atom stereocenters. The van der Waals surface area contributed by atoms with Crippen LogP contribution in [0.4, 0.5) is 0 Å². The standard InChI is InChI=1S/C16H30N2O2/c1-7-8-9-12(14(17)19)13(10-11(2)3)15(20)18-16(4,5)6/h7-8,11-13H,9-10H2,1-6H3,(H2,17,19)(H,18,20)/b8-7+. The van der Waals surface area contributed by atoms with E-state index in [1.807, 2.05) is 53.7 Å². The monoisotopic (exact) mass is 282 g/mol. The smallest absolute Gasteiger partial charge is 0.224 e. The summed E-state index contributed by atoms with van der Waals surface area (Å²) in [6.07, 6.45) is 4.95. The highest BCUT2D eigenvalue weighted by Gasteiger charge is 2.33. The number of carbonyl (C=O) groups is 2. The fraction of sp³-hybridized carbons (Fsp3) is 0.750. The number of nitrogens with two attached hydrogens (primary N) is 1. The largest absolute Gasteiger partial charge is 0.369 e. The Bertz CT molecular complexity index is 354. The zero-order valence-electron chi connectivity index (χ0n) is 13.7. The van der Waals surface area contributed by atoms with Crippen LogP contribution >= 0.6 is 0 Å². The molecule has 2 unspecified atom stereocenters. The molecule has 0 aromatic carbocycles. The van der Waals surface area contributed by atoms with Gasteiger partial charge in [0.25, 0.3) is 0 Å². The van der Waals surface area contributed by atoms with Crippen LogP contribution in [0, 0.1) is 17.8 Å². The van der Waals surface area contributed by atoms with E-state index < -0.39 is 11.8 Å². The molecule has 0 spiro atoms. The molecule has 0 aliphatic carbocycles. The van der Waals surface area contributed by atoms with E-state index in [0.29, 0.717) is 18.8 Å². The molecular weight excluding hydrogens is 252 g/mol. The Kier molecular flexibility index (Phi) is 7.54. The molecule has 20 heavy (non-hydrogen) atoms. The Hall–Kier alpha value is -1.32. The van der Waals surface area contributed by atoms with Crippen molar-refractivity contribution in [2.75, 3.05) is 0 Å². The summed E-state index contributed by atoms with van der Waals surface area (Å²) in [6.45, 7) is 11.8. The molecule has 0 heterocycles. The molecule has 0 aromatic rings. The van der Waals surface area contributed by atoms with Gasteiger partial charge in [0.05, 0.1) is 11.8 Å². The summed E-state index contributed by atoms with van der Waals surface area (Å²) in [7, 11) is 0. The Morgan fingerprint density at radius 2 is 1.75 bits per heavy atom. The second-order valence-corrected chi connectivity index (χ2v) is 6.79. The molecule has 0 aromatic heterocycles. The lowest BCUT2D eigenvalue weighted by molar-refractivity contribution is -0.134. The van der Waals surface area contributed by atoms with E-state index in [4.69, 9.17) is 5.73 Å². The zero-order chi connectivity index (χ0) is 15.9. The Morgan fingerprint density at radius 3 is 2.10 bits per heavy atom. The fourth-order valence-corrected chi connectivity index (χ4v) is 2.19. The average molecular weight is 282 g/mol. The molecule has 0 fully saturated rings. The Balaban J connectivity index is 5.17. The predicted octanol–water partition coefficient (Wildman–Crippen LogP) is 2.63. The van der Waals surface area contributed by atoms with Crippen molar-refractivity contribution in [1.29, 1.82) is 0 Å². The molecular formula is C16H30N2O2. The summed E-state index contributed by atoms with van der Waals surface area (Å²) in [6, 6.07) is 0. The highest BCUT2D eigenvalue weighted by Crippen LogP contribution is 2.25. The summed E-state index contributed by atoms with van der Waals surface area (Å²) in [5.41, 5.74) is 5.19. The van der Waals surface area contributed by atoms with Gasteiger partial charge in [0.1, 0.15) is 0 Å². The van der Waals surface area contributed by atoms with Crippen molar-refractivity contribution in [3.05, 3.63) is 12.2 Å². The quantitative estimate of drug-likeness (QED) is 0.705. The van der Waals surface area contributed by atoms with Crippen LogP contribution in [0.5, 0.6) is 0 Å². The number of amides is 2. The van der Waals surface area contributed by atoms with Gasteiger partial charge in [-0.2, -0.15) is 0 Å². The van der Waals surface area contributed by atoms with Crippen LogP contribution in [-0.2, 0) is 9.59 Å². The predicted molar refractivity (Wildman–Crippen MR) is 83.0 cm³/mol. The lowest BCUT2D eigenvalue weighted by atomic mass is 9.81. The van der Waals surface area contributed by atoms with E-state index in [2.05, 4.69) is 5.32 Å². The lowest BCUT2D eigenvalue weighted by Crippen LogP contribution is -2.47. The van der Waals surface area contributed by atoms with Gasteiger partial charge in [-0.15, -0.1) is 0 Å². The molecule has 0 radical (unpaired) electrons. The van der Waals surface area contributed by atoms with Gasteiger partial charge in [-0.1, -0.05) is 26.0 Å². The van der Waals surface area contributed by atoms with Crippen LogP contribution < -0.4 is 11.1 Å². The SMILES string of the molecule is C/C=C/CC(C(N)=O)C(CC(C)C)C(=O)NC(C)(C)C. The summed E-state index contributed by atoms with van der Waals surface area (Å²) < 4.78 is 0. The van der Waals surface area contributed by atoms with Gasteiger partial charge in [0, 0.05) is 5.54 Å². The number of nitrogens with one attached hydrogen (secondary N) is 1. The van der Waals surface area contributed by atoms with Gasteiger partial charge in [-0.25, -0.2) is 0 Å². The van der Waals surface area contributed by atoms with E-state index in [0.717, 1.165) is 0 Å². The maximum atomic E-state index is 12.5. The van der Waals surface area contributed by atoms with E-state index in [9.17, 15) is 9.59 Å². The summed E-state index contributed by atoms with van der Waals surface area (Å²) in [4.78, 5) is 24.2. The Labute approximate surface area is 123 Å². The first-order chi connectivity index (χ1) is 9.08. The van der Waals surface area contributed by atoms with Gasteiger partial charge in [-0.05, 0) is 46.5 Å². The van der Waals surface area contributed by atoms with Crippen LogP contribution in [0.1, 0.15) is 54.4 Å². The van der Waals surface area contributed by atoms with Gasteiger partial charge >= 0.3 is 0 Å². The topological polar surface area (TPSA) is 72.2 Å². The van der Waals surface area contributed by atoms with Gasteiger partial charge in [0.15, 0.2) is 0 Å². The van der Waals surface area contributed by atoms with E-state index >= 15 is 0 Å². The third kappa shape index (κ3) is 7.31. The fourth-order valence-electron chi connectivity index (χ4n) is 2.19. The third-order valence-electron chi connectivity index (χ3n) is 3.04. The number of hydrogen-bond acceptors (Lipinski definition) is 2. The molecule has 0 aliphatic rings. The van der Waals surface area contributed by atoms with Crippen molar-refractivity contribution in [3.8, 4) is 0 Å². The molecule has 0 rings (SSSR count). The van der Waals surface area contributed by atoms with Crippen LogP contribution in [0.25, 0.3) is 0 Å². The summed E-state index contributed by atoms with van der Waals surface area (Å²) >= 11 is 0. The number of carbonyl (C=O) groups excluding carboxylic acids is 2. The minimum atomic E-state index is -0.448. The van der Waals surface area contributed by atoms with E-state index in [1.165, 1.54) is 0 Å². The van der Waals surface area contributed by atoms with Gasteiger partial charge < -0.3 is 11.1 Å². The minimum absolute atomic E-state index is 0.0838. The highest BCUT2D eigenvalue weighted by atomic mass is 16.2. The molecule has 4 nitrogen and oxygen atoms in total. The summed E-state index contributed by atoms with van der Waals surface area (Å²) in [5.74, 6) is -0.977. The van der Waals surface area contributed by atoms with Crippen molar-refractivity contribution >= 4 is 11.8 Å². The van der Waals surface area contributed by atoms with Crippen molar-refractivity contribution < 1.29 is 9.59 Å². The third-order valence-corrected chi connectivity index (χ3v) is 3.04. The molecule has 2 amide bonds. The maximum absolute atomic E-state index is 12.5. The molecule has 116 valence electrons. The normalized spacial score (nSPS) is 15.3. The second kappa shape index (κ2) is 8.08. The van der Waals surface area contributed by atoms with Crippen LogP contribution in [0.15, 0.2) is 12.2 Å². The average Bonchev–Trinajstić information content (AvgIpc) is 2.24. The van der Waals surface area contributed by atoms with Crippen LogP contribution in [-0.4, -0.2) is 17.4 Å². The van der Waals surface area contributed by atoms with Gasteiger partial charge in [0.2, 0.25) is 11.8 Å². The molecule has 0 saturated heterocycles. The maximum Gasteiger partial charge on any atom is 0.224 e. The molecule has 0 aliphatic heterocycles. The second-order valence-electron chi connectivity index (χ2n) is 6.79. The van der Waals surface area contributed by atoms with Crippen molar-refractivity contribution in [2.24, 2.45) is 23.5 Å². The lowest BCUT2D eigenvalue weighted by Gasteiger charge is -2.29. The van der Waals surface area contributed by atoms with Crippen LogP contribution in [0.3, 0.4) is 0 Å². The molecule has 0 bridgehead atoms. The number of rotatable bonds is 7. The first-order valence-corrected chi connectivity index (χ1v) is 7.31. The number of allylic oxidation sites excluding steroid dienone is 2. The van der Waals surface area contributed by atoms with Crippen LogP contribution in [0.2, 0.25) is 0 Å². The summed E-state index contributed by atoms with van der Waals surface area (Å²) in [5, 5.41) is 2.97. The molecule has 0 saturated carbocycles. The van der Waals surface area contributed by atoms with Crippen molar-refractivity contribution in [2.45, 2.75) is 59.9 Å². The van der Waals surface area contributed by atoms with E-state index in [1.54, 1.807) is 0 Å². The molecule has 3 N–H and O–H groups in total. The zero-order valence-corrected chi connectivity index (χ0v) is 13.7. The first-order valence-electron chi connectivity index (χ1n) is 7.31. The first kappa shape index (κ1) is 18.7. The number of primary amides is 1.